The number of nitrogens with one attached hydrogen (secondary N) is 1. The van der Waals surface area contributed by atoms with Gasteiger partial charge >= 0.3 is 0 Å². The van der Waals surface area contributed by atoms with Gasteiger partial charge in [0.05, 0.1) is 0 Å². The van der Waals surface area contributed by atoms with Crippen LogP contribution in [0.1, 0.15) is 25.8 Å². The average molecular weight is 249 g/mol. The Hall–Kier alpha value is -1.06. The van der Waals surface area contributed by atoms with Gasteiger partial charge in [0.15, 0.2) is 0 Å². The summed E-state index contributed by atoms with van der Waals surface area (Å²) in [4.78, 5) is 0. The van der Waals surface area contributed by atoms with Crippen LogP contribution < -0.4 is 10.1 Å². The van der Waals surface area contributed by atoms with E-state index in [-0.39, 0.29) is 12.2 Å². The molecule has 0 aromatic heterocycles. The van der Waals surface area contributed by atoms with Gasteiger partial charge in [-0.15, -0.1) is 0 Å². The average Bonchev–Trinajstić information content (AvgIpc) is 2.38. The highest BCUT2D eigenvalue weighted by molar-refractivity contribution is 5.27. The molecule has 0 heterocycles. The SMILES string of the molecule is CCNC1CC(Oc2ccc(CC)cc2)C1OC. The number of likely N-dealkylation sites (N-methyl/N-ethyl adjacent to an activating group) is 1. The smallest absolute Gasteiger partial charge is 0.128 e. The minimum atomic E-state index is 0.163. The summed E-state index contributed by atoms with van der Waals surface area (Å²) in [5.41, 5.74) is 1.34. The van der Waals surface area contributed by atoms with Crippen LogP contribution in [0.3, 0.4) is 0 Å². The summed E-state index contributed by atoms with van der Waals surface area (Å²) in [5, 5.41) is 3.41. The van der Waals surface area contributed by atoms with Crippen LogP contribution in [0.4, 0.5) is 0 Å². The lowest BCUT2D eigenvalue weighted by molar-refractivity contribution is -0.0884. The fourth-order valence-corrected chi connectivity index (χ4v) is 2.45. The van der Waals surface area contributed by atoms with Gasteiger partial charge in [-0.2, -0.15) is 0 Å². The first-order chi connectivity index (χ1) is 8.78. The Labute approximate surface area is 109 Å². The van der Waals surface area contributed by atoms with Crippen LogP contribution in [0.2, 0.25) is 0 Å². The number of benzene rings is 1. The lowest BCUT2D eigenvalue weighted by atomic mass is 9.85. The van der Waals surface area contributed by atoms with Crippen molar-refractivity contribution in [2.45, 2.75) is 44.9 Å². The van der Waals surface area contributed by atoms with Gasteiger partial charge in [0.25, 0.3) is 0 Å². The van der Waals surface area contributed by atoms with Gasteiger partial charge in [0, 0.05) is 19.6 Å². The van der Waals surface area contributed by atoms with E-state index in [2.05, 4.69) is 31.3 Å². The minimum Gasteiger partial charge on any atom is -0.488 e. The molecule has 1 N–H and O–H groups in total. The fraction of sp³-hybridized carbons (Fsp3) is 0.600. The van der Waals surface area contributed by atoms with Gasteiger partial charge in [-0.25, -0.2) is 0 Å². The molecule has 3 atom stereocenters. The van der Waals surface area contributed by atoms with Crippen LogP contribution in [0.15, 0.2) is 24.3 Å². The Morgan fingerprint density at radius 2 is 1.94 bits per heavy atom. The van der Waals surface area contributed by atoms with Crippen LogP contribution >= 0.6 is 0 Å². The summed E-state index contributed by atoms with van der Waals surface area (Å²) in [5.74, 6) is 0.939. The topological polar surface area (TPSA) is 30.5 Å². The molecule has 0 radical (unpaired) electrons. The van der Waals surface area contributed by atoms with E-state index in [0.717, 1.165) is 25.1 Å². The highest BCUT2D eigenvalue weighted by Crippen LogP contribution is 2.28. The van der Waals surface area contributed by atoms with E-state index >= 15 is 0 Å². The molecule has 1 fully saturated rings. The molecule has 18 heavy (non-hydrogen) atoms. The fourth-order valence-electron chi connectivity index (χ4n) is 2.45. The molecule has 1 saturated carbocycles. The van der Waals surface area contributed by atoms with E-state index in [0.29, 0.717) is 6.04 Å². The minimum absolute atomic E-state index is 0.163. The quantitative estimate of drug-likeness (QED) is 0.839. The predicted octanol–water partition coefficient (Wildman–Crippen LogP) is 2.39. The molecule has 0 bridgehead atoms. The van der Waals surface area contributed by atoms with Crippen LogP contribution in [0.5, 0.6) is 5.75 Å². The highest BCUT2D eigenvalue weighted by atomic mass is 16.5. The van der Waals surface area contributed by atoms with Crippen molar-refractivity contribution in [2.24, 2.45) is 0 Å². The molecule has 0 amide bonds. The third-order valence-corrected chi connectivity index (χ3v) is 3.61. The first-order valence-corrected chi connectivity index (χ1v) is 6.80. The third kappa shape index (κ3) is 2.85. The molecule has 3 heteroatoms. The molecule has 2 rings (SSSR count). The second kappa shape index (κ2) is 6.21. The molecule has 0 spiro atoms. The lowest BCUT2D eigenvalue weighted by Crippen LogP contribution is -2.60. The van der Waals surface area contributed by atoms with E-state index in [1.807, 2.05) is 12.1 Å². The second-order valence-corrected chi connectivity index (χ2v) is 4.75. The summed E-state index contributed by atoms with van der Waals surface area (Å²) in [7, 11) is 1.75. The molecule has 1 aromatic rings. The van der Waals surface area contributed by atoms with Crippen molar-refractivity contribution in [1.82, 2.24) is 5.32 Å². The Balaban J connectivity index is 1.89. The molecule has 0 aliphatic heterocycles. The normalized spacial score (nSPS) is 26.7. The maximum atomic E-state index is 5.96. The van der Waals surface area contributed by atoms with Crippen molar-refractivity contribution >= 4 is 0 Å². The van der Waals surface area contributed by atoms with Crippen molar-refractivity contribution in [3.8, 4) is 5.75 Å². The van der Waals surface area contributed by atoms with Crippen LogP contribution in [-0.2, 0) is 11.2 Å². The maximum Gasteiger partial charge on any atom is 0.128 e. The summed E-state index contributed by atoms with van der Waals surface area (Å²) < 4.78 is 11.5. The number of methoxy groups -OCH3 is 1. The predicted molar refractivity (Wildman–Crippen MR) is 73.1 cm³/mol. The molecule has 3 nitrogen and oxygen atoms in total. The Kier molecular flexibility index (Phi) is 4.61. The van der Waals surface area contributed by atoms with E-state index < -0.39 is 0 Å². The summed E-state index contributed by atoms with van der Waals surface area (Å²) in [6.07, 6.45) is 2.41. The number of hydrogen-bond acceptors (Lipinski definition) is 3. The largest absolute Gasteiger partial charge is 0.488 e. The van der Waals surface area contributed by atoms with Crippen LogP contribution in [-0.4, -0.2) is 31.9 Å². The van der Waals surface area contributed by atoms with Gasteiger partial charge in [-0.1, -0.05) is 26.0 Å². The van der Waals surface area contributed by atoms with Gasteiger partial charge in [0.1, 0.15) is 18.0 Å². The Bertz CT molecular complexity index is 363. The molecular formula is C15H23NO2. The zero-order valence-electron chi connectivity index (χ0n) is 11.5. The molecule has 0 saturated heterocycles. The monoisotopic (exact) mass is 249 g/mol. The van der Waals surface area contributed by atoms with E-state index in [9.17, 15) is 0 Å². The van der Waals surface area contributed by atoms with Crippen LogP contribution in [0, 0.1) is 0 Å². The first kappa shape index (κ1) is 13.4. The molecule has 1 aromatic carbocycles. The number of aryl methyl sites for hydroxylation is 1. The zero-order valence-corrected chi connectivity index (χ0v) is 11.5. The van der Waals surface area contributed by atoms with Crippen molar-refractivity contribution in [3.05, 3.63) is 29.8 Å². The van der Waals surface area contributed by atoms with Gasteiger partial charge in [0.2, 0.25) is 0 Å². The highest BCUT2D eigenvalue weighted by Gasteiger charge is 2.42. The van der Waals surface area contributed by atoms with Gasteiger partial charge < -0.3 is 14.8 Å². The molecule has 3 unspecified atom stereocenters. The zero-order chi connectivity index (χ0) is 13.0. The molecule has 1 aliphatic rings. The molecular weight excluding hydrogens is 226 g/mol. The number of ether oxygens (including phenoxy) is 2. The summed E-state index contributed by atoms with van der Waals surface area (Å²) in [6, 6.07) is 8.77. The van der Waals surface area contributed by atoms with Gasteiger partial charge in [-0.05, 0) is 30.7 Å². The third-order valence-electron chi connectivity index (χ3n) is 3.61. The number of rotatable bonds is 6. The lowest BCUT2D eigenvalue weighted by Gasteiger charge is -2.43. The summed E-state index contributed by atoms with van der Waals surface area (Å²) in [6.45, 7) is 5.25. The van der Waals surface area contributed by atoms with Crippen molar-refractivity contribution in [1.29, 1.82) is 0 Å². The van der Waals surface area contributed by atoms with E-state index in [1.165, 1.54) is 5.56 Å². The molecule has 100 valence electrons. The van der Waals surface area contributed by atoms with Crippen molar-refractivity contribution < 1.29 is 9.47 Å². The van der Waals surface area contributed by atoms with Crippen molar-refractivity contribution in [3.63, 3.8) is 0 Å². The van der Waals surface area contributed by atoms with E-state index in [4.69, 9.17) is 9.47 Å². The standard InChI is InChI=1S/C15H23NO2/c1-4-11-6-8-12(9-7-11)18-14-10-13(16-5-2)15(14)17-3/h6-9,13-16H,4-5,10H2,1-3H3. The molecule has 1 aliphatic carbocycles. The second-order valence-electron chi connectivity index (χ2n) is 4.75. The van der Waals surface area contributed by atoms with Crippen LogP contribution in [0.25, 0.3) is 0 Å². The Morgan fingerprint density at radius 1 is 1.22 bits per heavy atom. The van der Waals surface area contributed by atoms with E-state index in [1.54, 1.807) is 7.11 Å². The summed E-state index contributed by atoms with van der Waals surface area (Å²) >= 11 is 0. The Morgan fingerprint density at radius 3 is 2.50 bits per heavy atom. The van der Waals surface area contributed by atoms with Gasteiger partial charge in [-0.3, -0.25) is 0 Å². The first-order valence-electron chi connectivity index (χ1n) is 6.80. The maximum absolute atomic E-state index is 5.96. The van der Waals surface area contributed by atoms with Crippen molar-refractivity contribution in [2.75, 3.05) is 13.7 Å². The number of hydrogen-bond donors (Lipinski definition) is 1.